The van der Waals surface area contributed by atoms with Crippen LogP contribution < -0.4 is 5.32 Å². The number of nitrogens with zero attached hydrogens (tertiary/aromatic N) is 4. The van der Waals surface area contributed by atoms with Crippen LogP contribution in [0.4, 0.5) is 5.13 Å². The first kappa shape index (κ1) is 11.0. The molecule has 0 radical (unpaired) electrons. The van der Waals surface area contributed by atoms with Crippen LogP contribution in [0.2, 0.25) is 0 Å². The van der Waals surface area contributed by atoms with Crippen molar-refractivity contribution in [2.45, 2.75) is 35.9 Å². The van der Waals surface area contributed by atoms with E-state index < -0.39 is 0 Å². The first-order valence-corrected chi connectivity index (χ1v) is 7.12. The quantitative estimate of drug-likeness (QED) is 0.833. The molecule has 0 atom stereocenters. The Kier molecular flexibility index (Phi) is 2.98. The van der Waals surface area contributed by atoms with Gasteiger partial charge in [-0.25, -0.2) is 0 Å². The fourth-order valence-electron chi connectivity index (χ4n) is 1.25. The van der Waals surface area contributed by atoms with Gasteiger partial charge in [-0.05, 0) is 12.8 Å². The Morgan fingerprint density at radius 3 is 3.06 bits per heavy atom. The Morgan fingerprint density at radius 2 is 2.35 bits per heavy atom. The van der Waals surface area contributed by atoms with Crippen molar-refractivity contribution in [1.82, 2.24) is 20.3 Å². The van der Waals surface area contributed by atoms with E-state index in [1.54, 1.807) is 30.0 Å². The number of aromatic nitrogens is 4. The second kappa shape index (κ2) is 4.61. The van der Waals surface area contributed by atoms with E-state index >= 15 is 0 Å². The van der Waals surface area contributed by atoms with E-state index in [0.29, 0.717) is 23.5 Å². The van der Waals surface area contributed by atoms with Crippen LogP contribution in [0.25, 0.3) is 0 Å². The largest absolute Gasteiger partial charge is 0.357 e. The first-order chi connectivity index (χ1) is 8.29. The maximum atomic E-state index is 4.90. The summed E-state index contributed by atoms with van der Waals surface area (Å²) in [5.74, 6) is 1.95. The maximum Gasteiger partial charge on any atom is 0.223 e. The lowest BCUT2D eigenvalue weighted by molar-refractivity contribution is 0.389. The highest BCUT2D eigenvalue weighted by atomic mass is 32.2. The highest BCUT2D eigenvalue weighted by Gasteiger charge is 2.22. The summed E-state index contributed by atoms with van der Waals surface area (Å²) < 4.78 is 5.83. The van der Waals surface area contributed by atoms with Crippen molar-refractivity contribution in [3.63, 3.8) is 0 Å². The maximum absolute atomic E-state index is 4.90. The lowest BCUT2D eigenvalue weighted by Gasteiger charge is -1.94. The molecule has 2 aromatic heterocycles. The van der Waals surface area contributed by atoms with Crippen molar-refractivity contribution in [3.05, 3.63) is 11.7 Å². The molecule has 90 valence electrons. The topological polar surface area (TPSA) is 76.7 Å². The fourth-order valence-corrected chi connectivity index (χ4v) is 2.93. The molecule has 0 aliphatic heterocycles. The van der Waals surface area contributed by atoms with Crippen LogP contribution in [-0.4, -0.2) is 26.4 Å². The minimum absolute atomic E-state index is 0.592. The van der Waals surface area contributed by atoms with E-state index in [1.165, 1.54) is 12.8 Å². The molecule has 6 nitrogen and oxygen atoms in total. The van der Waals surface area contributed by atoms with E-state index in [-0.39, 0.29) is 0 Å². The highest BCUT2D eigenvalue weighted by Crippen LogP contribution is 2.31. The minimum Gasteiger partial charge on any atom is -0.357 e. The van der Waals surface area contributed by atoms with Gasteiger partial charge >= 0.3 is 0 Å². The second-order valence-corrected chi connectivity index (χ2v) is 6.01. The molecule has 0 amide bonds. The van der Waals surface area contributed by atoms with Crippen molar-refractivity contribution in [2.24, 2.45) is 0 Å². The van der Waals surface area contributed by atoms with E-state index in [2.05, 4.69) is 25.7 Å². The smallest absolute Gasteiger partial charge is 0.223 e. The summed E-state index contributed by atoms with van der Waals surface area (Å²) in [5.41, 5.74) is 0. The van der Waals surface area contributed by atoms with Gasteiger partial charge in [0.05, 0.1) is 5.75 Å². The number of anilines is 1. The number of rotatable bonds is 5. The van der Waals surface area contributed by atoms with Crippen molar-refractivity contribution >= 4 is 28.2 Å². The molecule has 0 aromatic carbocycles. The van der Waals surface area contributed by atoms with Gasteiger partial charge in [-0.2, -0.15) is 4.98 Å². The molecule has 1 saturated carbocycles. The molecule has 8 heteroatoms. The molecule has 0 spiro atoms. The molecule has 3 rings (SSSR count). The average molecular weight is 269 g/mol. The number of nitrogens with one attached hydrogen (secondary N) is 1. The van der Waals surface area contributed by atoms with Gasteiger partial charge in [0, 0.05) is 13.0 Å². The lowest BCUT2D eigenvalue weighted by atomic mass is 10.7. The normalized spacial score (nSPS) is 15.1. The van der Waals surface area contributed by atoms with Gasteiger partial charge in [-0.3, -0.25) is 0 Å². The fraction of sp³-hybridized carbons (Fsp3) is 0.556. The molecule has 2 aromatic rings. The Hall–Kier alpha value is -1.15. The predicted octanol–water partition coefficient (Wildman–Crippen LogP) is 2.10. The monoisotopic (exact) mass is 269 g/mol. The standard InChI is InChI=1S/C9H11N5OS2/c1-5-10-7(14-15-5)4-16-9-13-12-8(17-9)11-6-2-3-6/h6H,2-4H2,1H3,(H,11,12). The molecule has 1 N–H and O–H groups in total. The number of hydrogen-bond acceptors (Lipinski definition) is 8. The van der Waals surface area contributed by atoms with Gasteiger partial charge in [0.2, 0.25) is 11.0 Å². The Morgan fingerprint density at radius 1 is 1.47 bits per heavy atom. The van der Waals surface area contributed by atoms with E-state index in [1.807, 2.05) is 0 Å². The van der Waals surface area contributed by atoms with Crippen molar-refractivity contribution < 1.29 is 4.52 Å². The molecule has 1 fully saturated rings. The van der Waals surface area contributed by atoms with Crippen LogP contribution in [0.3, 0.4) is 0 Å². The molecule has 0 saturated heterocycles. The summed E-state index contributed by atoms with van der Waals surface area (Å²) in [4.78, 5) is 4.13. The van der Waals surface area contributed by atoms with Gasteiger partial charge in [0.1, 0.15) is 0 Å². The molecule has 1 aliphatic rings. The summed E-state index contributed by atoms with van der Waals surface area (Å²) in [6, 6.07) is 0.612. The van der Waals surface area contributed by atoms with Gasteiger partial charge < -0.3 is 9.84 Å². The van der Waals surface area contributed by atoms with Crippen LogP contribution in [0, 0.1) is 6.92 Å². The zero-order valence-electron chi connectivity index (χ0n) is 9.21. The van der Waals surface area contributed by atoms with Crippen molar-refractivity contribution in [3.8, 4) is 0 Å². The van der Waals surface area contributed by atoms with Crippen molar-refractivity contribution in [2.75, 3.05) is 5.32 Å². The van der Waals surface area contributed by atoms with Crippen LogP contribution in [0.1, 0.15) is 24.6 Å². The van der Waals surface area contributed by atoms with Gasteiger partial charge in [-0.1, -0.05) is 28.3 Å². The van der Waals surface area contributed by atoms with E-state index in [4.69, 9.17) is 4.52 Å². The third-order valence-corrected chi connectivity index (χ3v) is 4.19. The van der Waals surface area contributed by atoms with Crippen LogP contribution in [0.15, 0.2) is 8.86 Å². The Balaban J connectivity index is 1.55. The van der Waals surface area contributed by atoms with Crippen LogP contribution in [0.5, 0.6) is 0 Å². The lowest BCUT2D eigenvalue weighted by Crippen LogP contribution is -1.99. The number of thioether (sulfide) groups is 1. The zero-order valence-corrected chi connectivity index (χ0v) is 10.8. The summed E-state index contributed by atoms with van der Waals surface area (Å²) in [6.45, 7) is 1.78. The summed E-state index contributed by atoms with van der Waals surface area (Å²) in [6.07, 6.45) is 2.48. The van der Waals surface area contributed by atoms with Gasteiger partial charge in [0.25, 0.3) is 0 Å². The van der Waals surface area contributed by atoms with Gasteiger partial charge in [0.15, 0.2) is 10.2 Å². The number of hydrogen-bond donors (Lipinski definition) is 1. The summed E-state index contributed by atoms with van der Waals surface area (Å²) in [5, 5.41) is 16.2. The first-order valence-electron chi connectivity index (χ1n) is 5.31. The second-order valence-electron chi connectivity index (χ2n) is 3.81. The van der Waals surface area contributed by atoms with E-state index in [0.717, 1.165) is 9.47 Å². The Bertz CT molecular complexity index is 507. The zero-order chi connectivity index (χ0) is 11.7. The Labute approximate surface area is 106 Å². The third-order valence-electron chi connectivity index (χ3n) is 2.21. The van der Waals surface area contributed by atoms with E-state index in [9.17, 15) is 0 Å². The number of aryl methyl sites for hydroxylation is 1. The SMILES string of the molecule is Cc1nc(CSc2nnc(NC3CC3)s2)no1. The molecular formula is C9H11N5OS2. The summed E-state index contributed by atoms with van der Waals surface area (Å²) >= 11 is 3.15. The third kappa shape index (κ3) is 2.95. The van der Waals surface area contributed by atoms with Crippen molar-refractivity contribution in [1.29, 1.82) is 0 Å². The predicted molar refractivity (Wildman–Crippen MR) is 65.1 cm³/mol. The minimum atomic E-state index is 0.592. The molecule has 0 unspecified atom stereocenters. The van der Waals surface area contributed by atoms with Crippen LogP contribution >= 0.6 is 23.1 Å². The molecule has 17 heavy (non-hydrogen) atoms. The molecule has 2 heterocycles. The summed E-state index contributed by atoms with van der Waals surface area (Å²) in [7, 11) is 0. The molecule has 1 aliphatic carbocycles. The van der Waals surface area contributed by atoms with Crippen LogP contribution in [-0.2, 0) is 5.75 Å². The molecular weight excluding hydrogens is 258 g/mol. The molecule has 0 bridgehead atoms. The average Bonchev–Trinajstić information content (AvgIpc) is 2.84. The highest BCUT2D eigenvalue weighted by molar-refractivity contribution is 8.00. The van der Waals surface area contributed by atoms with Gasteiger partial charge in [-0.15, -0.1) is 10.2 Å².